The summed E-state index contributed by atoms with van der Waals surface area (Å²) in [4.78, 5) is 4.43. The number of halogens is 1. The van der Waals surface area contributed by atoms with Crippen molar-refractivity contribution in [2.45, 2.75) is 37.8 Å². The first-order chi connectivity index (χ1) is 10.7. The van der Waals surface area contributed by atoms with Crippen LogP contribution in [0.1, 0.15) is 31.2 Å². The number of rotatable bonds is 2. The van der Waals surface area contributed by atoms with E-state index in [4.69, 9.17) is 5.26 Å². The Bertz CT molecular complexity index is 564. The molecule has 1 aromatic carbocycles. The third-order valence-electron chi connectivity index (χ3n) is 4.92. The molecule has 2 fully saturated rings. The van der Waals surface area contributed by atoms with E-state index in [2.05, 4.69) is 9.80 Å². The highest BCUT2D eigenvalue weighted by Gasteiger charge is 2.31. The Morgan fingerprint density at radius 3 is 2.55 bits per heavy atom. The molecule has 0 radical (unpaired) electrons. The van der Waals surface area contributed by atoms with Crippen LogP contribution in [0.5, 0.6) is 0 Å². The molecule has 1 aromatic rings. The first-order valence-corrected chi connectivity index (χ1v) is 8.06. The van der Waals surface area contributed by atoms with Gasteiger partial charge in [-0.05, 0) is 25.0 Å². The lowest BCUT2D eigenvalue weighted by atomic mass is 9.91. The summed E-state index contributed by atoms with van der Waals surface area (Å²) in [7, 11) is 0. The molecular formula is C17H22FN3O. The molecule has 5 heteroatoms. The molecule has 0 aromatic heterocycles. The van der Waals surface area contributed by atoms with E-state index in [-0.39, 0.29) is 17.7 Å². The van der Waals surface area contributed by atoms with Gasteiger partial charge >= 0.3 is 0 Å². The van der Waals surface area contributed by atoms with Gasteiger partial charge in [0.15, 0.2) is 0 Å². The molecule has 4 nitrogen and oxygen atoms in total. The van der Waals surface area contributed by atoms with Gasteiger partial charge in [-0.25, -0.2) is 4.39 Å². The van der Waals surface area contributed by atoms with E-state index in [9.17, 15) is 9.50 Å². The fourth-order valence-electron chi connectivity index (χ4n) is 3.70. The van der Waals surface area contributed by atoms with Crippen LogP contribution in [0.4, 0.5) is 10.1 Å². The minimum atomic E-state index is -0.454. The zero-order valence-corrected chi connectivity index (χ0v) is 12.7. The Balaban J connectivity index is 1.67. The quantitative estimate of drug-likeness (QED) is 0.909. The molecule has 1 N–H and O–H groups in total. The average Bonchev–Trinajstić information content (AvgIpc) is 2.55. The maximum atomic E-state index is 13.7. The molecule has 1 heterocycles. The van der Waals surface area contributed by atoms with Crippen molar-refractivity contribution < 1.29 is 9.50 Å². The third-order valence-corrected chi connectivity index (χ3v) is 4.92. The predicted molar refractivity (Wildman–Crippen MR) is 83.2 cm³/mol. The average molecular weight is 303 g/mol. The molecule has 0 bridgehead atoms. The molecule has 2 aliphatic rings. The first-order valence-electron chi connectivity index (χ1n) is 8.06. The van der Waals surface area contributed by atoms with E-state index in [1.807, 2.05) is 12.1 Å². The fourth-order valence-corrected chi connectivity index (χ4v) is 3.70. The maximum Gasteiger partial charge on any atom is 0.143 e. The third kappa shape index (κ3) is 2.94. The lowest BCUT2D eigenvalue weighted by Gasteiger charge is -2.43. The summed E-state index contributed by atoms with van der Waals surface area (Å²) in [5, 5.41) is 19.3. The van der Waals surface area contributed by atoms with Crippen molar-refractivity contribution >= 4 is 5.69 Å². The van der Waals surface area contributed by atoms with E-state index in [1.165, 1.54) is 12.5 Å². The number of hydrogen-bond acceptors (Lipinski definition) is 4. The summed E-state index contributed by atoms with van der Waals surface area (Å²) < 4.78 is 13.7. The zero-order chi connectivity index (χ0) is 15.5. The van der Waals surface area contributed by atoms with Gasteiger partial charge in [-0.3, -0.25) is 4.90 Å². The predicted octanol–water partition coefficient (Wildman–Crippen LogP) is 2.12. The van der Waals surface area contributed by atoms with Gasteiger partial charge in [-0.2, -0.15) is 5.26 Å². The Morgan fingerprint density at radius 2 is 1.86 bits per heavy atom. The summed E-state index contributed by atoms with van der Waals surface area (Å²) in [6.07, 6.45) is 4.04. The van der Waals surface area contributed by atoms with Crippen molar-refractivity contribution in [1.82, 2.24) is 4.90 Å². The van der Waals surface area contributed by atoms with Crippen molar-refractivity contribution in [2.24, 2.45) is 0 Å². The topological polar surface area (TPSA) is 50.5 Å². The molecule has 2 unspecified atom stereocenters. The van der Waals surface area contributed by atoms with Gasteiger partial charge in [0.25, 0.3) is 0 Å². The van der Waals surface area contributed by atoms with Crippen LogP contribution < -0.4 is 4.90 Å². The number of piperazine rings is 1. The highest BCUT2D eigenvalue weighted by molar-refractivity contribution is 5.60. The molecule has 1 saturated heterocycles. The van der Waals surface area contributed by atoms with E-state index in [0.717, 1.165) is 45.4 Å². The van der Waals surface area contributed by atoms with Crippen LogP contribution in [0.3, 0.4) is 0 Å². The van der Waals surface area contributed by atoms with Gasteiger partial charge < -0.3 is 10.0 Å². The van der Waals surface area contributed by atoms with Crippen LogP contribution in [0.25, 0.3) is 0 Å². The van der Waals surface area contributed by atoms with E-state index < -0.39 is 5.82 Å². The van der Waals surface area contributed by atoms with Crippen molar-refractivity contribution in [2.75, 3.05) is 31.1 Å². The molecule has 0 amide bonds. The monoisotopic (exact) mass is 303 g/mol. The zero-order valence-electron chi connectivity index (χ0n) is 12.7. The Labute approximate surface area is 130 Å². The van der Waals surface area contributed by atoms with Crippen LogP contribution in [0.2, 0.25) is 0 Å². The number of aliphatic hydroxyl groups excluding tert-OH is 1. The Kier molecular flexibility index (Phi) is 4.60. The minimum Gasteiger partial charge on any atom is -0.391 e. The van der Waals surface area contributed by atoms with Gasteiger partial charge in [-0.15, -0.1) is 0 Å². The lowest BCUT2D eigenvalue weighted by Crippen LogP contribution is -2.54. The highest BCUT2D eigenvalue weighted by Crippen LogP contribution is 2.27. The molecule has 3 rings (SSSR count). The molecule has 118 valence electrons. The summed E-state index contributed by atoms with van der Waals surface area (Å²) in [5.41, 5.74) is 0.819. The van der Waals surface area contributed by atoms with E-state index >= 15 is 0 Å². The number of benzene rings is 1. The van der Waals surface area contributed by atoms with Crippen LogP contribution in [-0.2, 0) is 0 Å². The fraction of sp³-hybridized carbons (Fsp3) is 0.588. The Hall–Kier alpha value is -1.64. The van der Waals surface area contributed by atoms with Crippen molar-refractivity contribution in [3.05, 3.63) is 29.6 Å². The second-order valence-corrected chi connectivity index (χ2v) is 6.19. The second-order valence-electron chi connectivity index (χ2n) is 6.19. The maximum absolute atomic E-state index is 13.7. The van der Waals surface area contributed by atoms with Gasteiger partial charge in [0, 0.05) is 32.2 Å². The summed E-state index contributed by atoms with van der Waals surface area (Å²) >= 11 is 0. The number of aliphatic hydroxyl groups is 1. The lowest BCUT2D eigenvalue weighted by molar-refractivity contribution is 0.0173. The molecular weight excluding hydrogens is 281 g/mol. The largest absolute Gasteiger partial charge is 0.391 e. The van der Waals surface area contributed by atoms with Crippen LogP contribution >= 0.6 is 0 Å². The summed E-state index contributed by atoms with van der Waals surface area (Å²) in [6.45, 7) is 3.23. The molecule has 1 aliphatic heterocycles. The number of hydrogen-bond donors (Lipinski definition) is 1. The van der Waals surface area contributed by atoms with Crippen LogP contribution in [0.15, 0.2) is 18.2 Å². The molecule has 1 saturated carbocycles. The summed E-state index contributed by atoms with van der Waals surface area (Å²) in [6, 6.07) is 7.03. The molecule has 22 heavy (non-hydrogen) atoms. The smallest absolute Gasteiger partial charge is 0.143 e. The normalized spacial score (nSPS) is 26.7. The number of nitriles is 1. The van der Waals surface area contributed by atoms with Gasteiger partial charge in [0.05, 0.1) is 11.8 Å². The standard InChI is InChI=1S/C17H22FN3O/c18-14-4-3-6-15(13(14)12-19)20-8-10-21(11-9-20)16-5-1-2-7-17(16)22/h3-4,6,16-17,22H,1-2,5,7-11H2. The van der Waals surface area contributed by atoms with Gasteiger partial charge in [0.1, 0.15) is 17.4 Å². The number of anilines is 1. The summed E-state index contributed by atoms with van der Waals surface area (Å²) in [5.74, 6) is -0.454. The van der Waals surface area contributed by atoms with Crippen molar-refractivity contribution in [3.63, 3.8) is 0 Å². The van der Waals surface area contributed by atoms with Crippen LogP contribution in [-0.4, -0.2) is 48.3 Å². The van der Waals surface area contributed by atoms with E-state index in [0.29, 0.717) is 5.69 Å². The van der Waals surface area contributed by atoms with Gasteiger partial charge in [-0.1, -0.05) is 18.9 Å². The highest BCUT2D eigenvalue weighted by atomic mass is 19.1. The van der Waals surface area contributed by atoms with Crippen molar-refractivity contribution in [3.8, 4) is 6.07 Å². The SMILES string of the molecule is N#Cc1c(F)cccc1N1CCN(C2CCCCC2O)CC1. The van der Waals surface area contributed by atoms with Crippen molar-refractivity contribution in [1.29, 1.82) is 5.26 Å². The molecule has 0 spiro atoms. The second kappa shape index (κ2) is 6.64. The number of nitrogens with zero attached hydrogens (tertiary/aromatic N) is 3. The minimum absolute atomic E-state index is 0.133. The van der Waals surface area contributed by atoms with E-state index in [1.54, 1.807) is 6.07 Å². The van der Waals surface area contributed by atoms with Crippen LogP contribution in [0, 0.1) is 17.1 Å². The Morgan fingerprint density at radius 1 is 1.14 bits per heavy atom. The first kappa shape index (κ1) is 15.3. The molecule has 2 atom stereocenters. The molecule has 1 aliphatic carbocycles. The van der Waals surface area contributed by atoms with Gasteiger partial charge in [0.2, 0.25) is 0 Å².